The molecule has 0 aromatic rings. The quantitative estimate of drug-likeness (QED) is 0.395. The molecule has 0 unspecified atom stereocenters. The van der Waals surface area contributed by atoms with Crippen LogP contribution in [0.1, 0.15) is 61.8 Å². The predicted molar refractivity (Wildman–Crippen MR) is 88.7 cm³/mol. The van der Waals surface area contributed by atoms with Crippen LogP contribution in [0.2, 0.25) is 0 Å². The molecular weight excluding hydrogens is 369 g/mol. The molecule has 0 bridgehead atoms. The van der Waals surface area contributed by atoms with Crippen LogP contribution in [0.15, 0.2) is 0 Å². The maximum absolute atomic E-state index is 2.42. The van der Waals surface area contributed by atoms with Crippen molar-refractivity contribution in [2.75, 3.05) is 12.3 Å². The van der Waals surface area contributed by atoms with Crippen molar-refractivity contribution in [3.05, 3.63) is 0 Å². The van der Waals surface area contributed by atoms with Crippen molar-refractivity contribution in [3.63, 3.8) is 0 Å². The SMILES string of the molecule is CC(C)P(CCCP(C(C)C)C(C)C)C(C)C.[Cl-].[Cl-].[Fe+2]. The third kappa shape index (κ3) is 12.5. The van der Waals surface area contributed by atoms with E-state index >= 15 is 0 Å². The molecule has 0 aromatic carbocycles. The van der Waals surface area contributed by atoms with Crippen LogP contribution in [0.3, 0.4) is 0 Å². The number of hydrogen-bond acceptors (Lipinski definition) is 0. The molecule has 0 aliphatic carbocycles. The zero-order chi connectivity index (χ0) is 13.6. The standard InChI is InChI=1S/C15H34P2.2ClH.Fe/c1-12(2)16(13(3)4)10-9-11-17(14(5)6)15(7)8;;;/h12-15H,9-11H2,1-8H3;2*1H;/q;;;+2/p-2. The molecule has 0 amide bonds. The summed E-state index contributed by atoms with van der Waals surface area (Å²) in [6, 6.07) is 0. The Morgan fingerprint density at radius 3 is 0.900 bits per heavy atom. The average molecular weight is 403 g/mol. The van der Waals surface area contributed by atoms with E-state index in [-0.39, 0.29) is 57.7 Å². The summed E-state index contributed by atoms with van der Waals surface area (Å²) in [6.07, 6.45) is 4.48. The van der Waals surface area contributed by atoms with Gasteiger partial charge in [-0.05, 0) is 41.4 Å². The zero-order valence-corrected chi connectivity index (χ0v) is 18.8. The van der Waals surface area contributed by atoms with Crippen molar-refractivity contribution in [1.82, 2.24) is 0 Å². The third-order valence-electron chi connectivity index (χ3n) is 3.49. The molecule has 0 rings (SSSR count). The normalized spacial score (nSPS) is 11.1. The van der Waals surface area contributed by atoms with E-state index in [1.807, 2.05) is 0 Å². The fraction of sp³-hybridized carbons (Fsp3) is 1.00. The smallest absolute Gasteiger partial charge is 1.00 e. The zero-order valence-electron chi connectivity index (χ0n) is 14.4. The van der Waals surface area contributed by atoms with E-state index in [2.05, 4.69) is 55.4 Å². The number of halogens is 2. The summed E-state index contributed by atoms with van der Waals surface area (Å²) in [7, 11) is 0.525. The summed E-state index contributed by atoms with van der Waals surface area (Å²) in [4.78, 5) is 0. The second kappa shape index (κ2) is 15.8. The van der Waals surface area contributed by atoms with Gasteiger partial charge in [-0.25, -0.2) is 0 Å². The minimum atomic E-state index is 0. The fourth-order valence-electron chi connectivity index (χ4n) is 2.66. The number of hydrogen-bond donors (Lipinski definition) is 0. The van der Waals surface area contributed by atoms with Crippen molar-refractivity contribution in [2.45, 2.75) is 84.4 Å². The van der Waals surface area contributed by atoms with E-state index in [0.29, 0.717) is 0 Å². The van der Waals surface area contributed by atoms with E-state index in [1.54, 1.807) is 0 Å². The summed E-state index contributed by atoms with van der Waals surface area (Å²) in [5.74, 6) is 0. The summed E-state index contributed by atoms with van der Waals surface area (Å²) in [5, 5.41) is 0. The van der Waals surface area contributed by atoms with Gasteiger partial charge in [0.15, 0.2) is 0 Å². The molecule has 0 N–H and O–H groups in total. The van der Waals surface area contributed by atoms with Gasteiger partial charge in [0.25, 0.3) is 0 Å². The Kier molecular flexibility index (Phi) is 23.7. The molecular formula is C15H34Cl2FeP2. The predicted octanol–water partition coefficient (Wildman–Crippen LogP) is -0.0206. The van der Waals surface area contributed by atoms with Crippen LogP contribution in [0, 0.1) is 0 Å². The van der Waals surface area contributed by atoms with E-state index < -0.39 is 0 Å². The second-order valence-electron chi connectivity index (χ2n) is 6.20. The van der Waals surface area contributed by atoms with Crippen LogP contribution in [0.25, 0.3) is 0 Å². The largest absolute Gasteiger partial charge is 2.00 e. The Morgan fingerprint density at radius 2 is 0.750 bits per heavy atom. The Bertz CT molecular complexity index is 164. The van der Waals surface area contributed by atoms with Gasteiger partial charge in [-0.15, -0.1) is 15.8 Å². The Labute approximate surface area is 154 Å². The van der Waals surface area contributed by atoms with E-state index in [0.717, 1.165) is 22.6 Å². The van der Waals surface area contributed by atoms with Crippen LogP contribution < -0.4 is 24.8 Å². The number of rotatable bonds is 8. The minimum absolute atomic E-state index is 0. The molecule has 0 aromatic heterocycles. The van der Waals surface area contributed by atoms with Gasteiger partial charge >= 0.3 is 17.1 Å². The first-order valence-electron chi connectivity index (χ1n) is 7.28. The maximum Gasteiger partial charge on any atom is 2.00 e. The molecule has 5 heteroatoms. The molecule has 0 aliphatic heterocycles. The first kappa shape index (κ1) is 29.9. The minimum Gasteiger partial charge on any atom is -1.00 e. The average Bonchev–Trinajstić information content (AvgIpc) is 2.14. The van der Waals surface area contributed by atoms with Gasteiger partial charge in [-0.1, -0.05) is 55.4 Å². The van der Waals surface area contributed by atoms with E-state index in [1.165, 1.54) is 18.7 Å². The Morgan fingerprint density at radius 1 is 0.550 bits per heavy atom. The first-order valence-corrected chi connectivity index (χ1v) is 10.6. The van der Waals surface area contributed by atoms with Crippen molar-refractivity contribution in [3.8, 4) is 0 Å². The van der Waals surface area contributed by atoms with Crippen LogP contribution in [-0.2, 0) is 17.1 Å². The van der Waals surface area contributed by atoms with Gasteiger partial charge in [0.1, 0.15) is 0 Å². The van der Waals surface area contributed by atoms with Crippen LogP contribution >= 0.6 is 15.8 Å². The molecule has 0 radical (unpaired) electrons. The molecule has 0 spiro atoms. The van der Waals surface area contributed by atoms with Crippen LogP contribution in [-0.4, -0.2) is 35.0 Å². The summed E-state index contributed by atoms with van der Waals surface area (Å²) < 4.78 is 0. The monoisotopic (exact) mass is 402 g/mol. The van der Waals surface area contributed by atoms with E-state index in [4.69, 9.17) is 0 Å². The van der Waals surface area contributed by atoms with Crippen LogP contribution in [0.4, 0.5) is 0 Å². The topological polar surface area (TPSA) is 0 Å². The Hall–Kier alpha value is 1.96. The van der Waals surface area contributed by atoms with Gasteiger partial charge in [0.05, 0.1) is 0 Å². The van der Waals surface area contributed by atoms with E-state index in [9.17, 15) is 0 Å². The molecule has 0 saturated carbocycles. The summed E-state index contributed by atoms with van der Waals surface area (Å²) in [6.45, 7) is 19.3. The first-order chi connectivity index (χ1) is 7.77. The van der Waals surface area contributed by atoms with Crippen molar-refractivity contribution >= 4 is 15.8 Å². The second-order valence-corrected chi connectivity index (χ2v) is 13.3. The molecule has 126 valence electrons. The molecule has 20 heavy (non-hydrogen) atoms. The van der Waals surface area contributed by atoms with Crippen LogP contribution in [0.5, 0.6) is 0 Å². The van der Waals surface area contributed by atoms with Gasteiger partial charge in [-0.3, -0.25) is 0 Å². The fourth-order valence-corrected chi connectivity index (χ4v) is 8.41. The summed E-state index contributed by atoms with van der Waals surface area (Å²) in [5.41, 5.74) is 3.65. The van der Waals surface area contributed by atoms with Crippen molar-refractivity contribution in [2.24, 2.45) is 0 Å². The molecule has 0 aliphatic rings. The summed E-state index contributed by atoms with van der Waals surface area (Å²) >= 11 is 0. The van der Waals surface area contributed by atoms with Gasteiger partial charge in [0, 0.05) is 0 Å². The molecule has 0 saturated heterocycles. The maximum atomic E-state index is 2.42. The van der Waals surface area contributed by atoms with Crippen molar-refractivity contribution < 1.29 is 41.9 Å². The van der Waals surface area contributed by atoms with Gasteiger partial charge < -0.3 is 24.8 Å². The van der Waals surface area contributed by atoms with Gasteiger partial charge in [-0.2, -0.15) is 0 Å². The molecule has 0 nitrogen and oxygen atoms in total. The Balaban J connectivity index is -0.000000427. The third-order valence-corrected chi connectivity index (χ3v) is 10.5. The molecule has 0 heterocycles. The van der Waals surface area contributed by atoms with Gasteiger partial charge in [0.2, 0.25) is 0 Å². The van der Waals surface area contributed by atoms with Crippen molar-refractivity contribution in [1.29, 1.82) is 0 Å². The molecule has 0 fully saturated rings. The molecule has 0 atom stereocenters.